The number of benzene rings is 2. The molecule has 2 saturated heterocycles. The fourth-order valence-electron chi connectivity index (χ4n) is 3.89. The van der Waals surface area contributed by atoms with Crippen LogP contribution in [0.2, 0.25) is 18.1 Å². The maximum atomic E-state index is 13.0. The van der Waals surface area contributed by atoms with E-state index in [0.29, 0.717) is 12.2 Å². The fraction of sp³-hybridized carbons (Fsp3) is 0.500. The van der Waals surface area contributed by atoms with Crippen LogP contribution in [0.5, 0.6) is 0 Å². The van der Waals surface area contributed by atoms with Crippen LogP contribution in [0.15, 0.2) is 60.7 Å². The predicted molar refractivity (Wildman–Crippen MR) is 135 cm³/mol. The standard InChI is InChI=1S/C26H34O6SSi/c1-26(2,3)34(4,5)32-21-20-19(16-28-24(31-20)18-14-10-7-11-15-18)29-25(33)22(21)30-23(27)17-12-8-6-9-13-17/h6-15,19-22,24-25,33H,16H2,1-5H3/t19?,20-,21?,22+,24?,25+/m1/s1. The monoisotopic (exact) mass is 502 g/mol. The Morgan fingerprint density at radius 1 is 0.971 bits per heavy atom. The van der Waals surface area contributed by atoms with Gasteiger partial charge in [-0.15, -0.1) is 12.6 Å². The van der Waals surface area contributed by atoms with Crippen molar-refractivity contribution in [3.8, 4) is 0 Å². The minimum Gasteiger partial charge on any atom is -0.452 e. The molecule has 0 amide bonds. The van der Waals surface area contributed by atoms with Crippen molar-refractivity contribution in [3.05, 3.63) is 71.8 Å². The molecule has 184 valence electrons. The predicted octanol–water partition coefficient (Wildman–Crippen LogP) is 5.37. The highest BCUT2D eigenvalue weighted by atomic mass is 32.1. The number of fused-ring (bicyclic) bond motifs is 1. The number of hydrogen-bond donors (Lipinski definition) is 1. The molecule has 6 atom stereocenters. The number of rotatable bonds is 5. The van der Waals surface area contributed by atoms with Crippen LogP contribution in [-0.4, -0.2) is 50.7 Å². The van der Waals surface area contributed by atoms with E-state index in [1.807, 2.05) is 36.4 Å². The molecule has 0 radical (unpaired) electrons. The zero-order valence-electron chi connectivity index (χ0n) is 20.3. The summed E-state index contributed by atoms with van der Waals surface area (Å²) in [7, 11) is -2.27. The summed E-state index contributed by atoms with van der Waals surface area (Å²) in [6.45, 7) is 11.2. The lowest BCUT2D eigenvalue weighted by molar-refractivity contribution is -0.315. The fourth-order valence-corrected chi connectivity index (χ4v) is 5.57. The van der Waals surface area contributed by atoms with Gasteiger partial charge in [0, 0.05) is 5.56 Å². The molecule has 0 N–H and O–H groups in total. The quantitative estimate of drug-likeness (QED) is 0.337. The molecule has 4 rings (SSSR count). The number of esters is 1. The third-order valence-electron chi connectivity index (χ3n) is 6.86. The van der Waals surface area contributed by atoms with Crippen LogP contribution < -0.4 is 0 Å². The van der Waals surface area contributed by atoms with E-state index in [2.05, 4.69) is 46.5 Å². The van der Waals surface area contributed by atoms with E-state index in [4.69, 9.17) is 23.4 Å². The molecule has 0 bridgehead atoms. The van der Waals surface area contributed by atoms with Crippen molar-refractivity contribution in [2.24, 2.45) is 0 Å². The van der Waals surface area contributed by atoms with E-state index in [0.717, 1.165) is 5.56 Å². The van der Waals surface area contributed by atoms with Gasteiger partial charge in [0.2, 0.25) is 0 Å². The highest BCUT2D eigenvalue weighted by Gasteiger charge is 2.54. The van der Waals surface area contributed by atoms with E-state index in [9.17, 15) is 4.79 Å². The average molecular weight is 503 g/mol. The van der Waals surface area contributed by atoms with E-state index in [1.165, 1.54) is 0 Å². The molecule has 0 aliphatic carbocycles. The van der Waals surface area contributed by atoms with Gasteiger partial charge in [-0.25, -0.2) is 4.79 Å². The second kappa shape index (κ2) is 10.1. The van der Waals surface area contributed by atoms with Crippen molar-refractivity contribution in [1.82, 2.24) is 0 Å². The first-order valence-electron chi connectivity index (χ1n) is 11.7. The summed E-state index contributed by atoms with van der Waals surface area (Å²) in [4.78, 5) is 13.0. The van der Waals surface area contributed by atoms with Gasteiger partial charge in [-0.2, -0.15) is 0 Å². The Bertz CT molecular complexity index is 964. The molecule has 34 heavy (non-hydrogen) atoms. The van der Waals surface area contributed by atoms with Crippen LogP contribution in [-0.2, 0) is 23.4 Å². The Morgan fingerprint density at radius 2 is 1.59 bits per heavy atom. The van der Waals surface area contributed by atoms with Crippen molar-refractivity contribution in [3.63, 3.8) is 0 Å². The van der Waals surface area contributed by atoms with Gasteiger partial charge in [-0.1, -0.05) is 69.3 Å². The summed E-state index contributed by atoms with van der Waals surface area (Å²) in [5, 5.41) is -0.0507. The Kier molecular flexibility index (Phi) is 7.57. The highest BCUT2D eigenvalue weighted by molar-refractivity contribution is 7.80. The molecule has 2 aromatic carbocycles. The molecule has 2 aliphatic heterocycles. The lowest BCUT2D eigenvalue weighted by Crippen LogP contribution is -2.65. The van der Waals surface area contributed by atoms with Crippen molar-refractivity contribution >= 4 is 26.9 Å². The first-order valence-corrected chi connectivity index (χ1v) is 15.1. The number of hydrogen-bond acceptors (Lipinski definition) is 7. The number of carbonyl (C=O) groups excluding carboxylic acids is 1. The van der Waals surface area contributed by atoms with Crippen molar-refractivity contribution in [2.75, 3.05) is 6.61 Å². The molecule has 3 unspecified atom stereocenters. The topological polar surface area (TPSA) is 63.2 Å². The number of carbonyl (C=O) groups is 1. The van der Waals surface area contributed by atoms with Gasteiger partial charge in [-0.05, 0) is 30.3 Å². The van der Waals surface area contributed by atoms with E-state index >= 15 is 0 Å². The summed E-state index contributed by atoms with van der Waals surface area (Å²) in [6.07, 6.45) is -2.72. The molecular weight excluding hydrogens is 468 g/mol. The smallest absolute Gasteiger partial charge is 0.338 e. The van der Waals surface area contributed by atoms with Gasteiger partial charge < -0.3 is 23.4 Å². The van der Waals surface area contributed by atoms with E-state index in [1.54, 1.807) is 24.3 Å². The van der Waals surface area contributed by atoms with Crippen LogP contribution in [0.4, 0.5) is 0 Å². The summed E-state index contributed by atoms with van der Waals surface area (Å²) in [6, 6.07) is 18.7. The zero-order chi connectivity index (χ0) is 24.5. The van der Waals surface area contributed by atoms with Gasteiger partial charge in [-0.3, -0.25) is 0 Å². The molecule has 2 aliphatic rings. The molecule has 0 spiro atoms. The Labute approximate surface area is 208 Å². The average Bonchev–Trinajstić information content (AvgIpc) is 2.81. The second-order valence-electron chi connectivity index (χ2n) is 10.3. The Morgan fingerprint density at radius 3 is 2.21 bits per heavy atom. The first-order chi connectivity index (χ1) is 16.1. The molecule has 6 nitrogen and oxygen atoms in total. The van der Waals surface area contributed by atoms with Gasteiger partial charge in [0.25, 0.3) is 0 Å². The van der Waals surface area contributed by atoms with Crippen molar-refractivity contribution in [1.29, 1.82) is 0 Å². The largest absolute Gasteiger partial charge is 0.452 e. The molecule has 2 aromatic rings. The molecule has 8 heteroatoms. The van der Waals surface area contributed by atoms with Gasteiger partial charge in [0.1, 0.15) is 23.7 Å². The lowest BCUT2D eigenvalue weighted by Gasteiger charge is -2.51. The normalized spacial score (nSPS) is 29.8. The Hall–Kier alpha value is -1.68. The molecular formula is C26H34O6SSi. The first kappa shape index (κ1) is 25.4. The minimum atomic E-state index is -2.27. The van der Waals surface area contributed by atoms with Crippen LogP contribution in [0.1, 0.15) is 43.0 Å². The van der Waals surface area contributed by atoms with Gasteiger partial charge in [0.15, 0.2) is 20.7 Å². The summed E-state index contributed by atoms with van der Waals surface area (Å²) < 4.78 is 31.4. The highest BCUT2D eigenvalue weighted by Crippen LogP contribution is 2.43. The lowest BCUT2D eigenvalue weighted by atomic mass is 9.98. The molecule has 2 heterocycles. The van der Waals surface area contributed by atoms with Crippen LogP contribution in [0, 0.1) is 0 Å². The van der Waals surface area contributed by atoms with E-state index < -0.39 is 44.3 Å². The van der Waals surface area contributed by atoms with Crippen LogP contribution in [0.25, 0.3) is 0 Å². The van der Waals surface area contributed by atoms with Gasteiger partial charge >= 0.3 is 5.97 Å². The minimum absolute atomic E-state index is 0.0507. The van der Waals surface area contributed by atoms with Gasteiger partial charge in [0.05, 0.1) is 12.2 Å². The third kappa shape index (κ3) is 5.42. The van der Waals surface area contributed by atoms with Crippen LogP contribution >= 0.6 is 12.6 Å². The Balaban J connectivity index is 1.64. The van der Waals surface area contributed by atoms with Crippen molar-refractivity contribution in [2.45, 2.75) is 75.0 Å². The third-order valence-corrected chi connectivity index (χ3v) is 11.8. The molecule has 0 aromatic heterocycles. The SMILES string of the molecule is CC(C)(C)[Si](C)(C)OC1[C@@H]2OC(c3ccccc3)OCC2O[C@@H](S)[C@H]1OC(=O)c1ccccc1. The molecule has 0 saturated carbocycles. The van der Waals surface area contributed by atoms with Crippen molar-refractivity contribution < 1.29 is 28.2 Å². The maximum absolute atomic E-state index is 13.0. The number of thiol groups is 1. The summed E-state index contributed by atoms with van der Waals surface area (Å²) >= 11 is 4.66. The number of ether oxygens (including phenoxy) is 4. The summed E-state index contributed by atoms with van der Waals surface area (Å²) in [5.41, 5.74) is 0.702. The van der Waals surface area contributed by atoms with Crippen LogP contribution in [0.3, 0.4) is 0 Å². The maximum Gasteiger partial charge on any atom is 0.338 e. The summed E-state index contributed by atoms with van der Waals surface area (Å²) in [5.74, 6) is -0.442. The second-order valence-corrected chi connectivity index (χ2v) is 15.6. The molecule has 2 fully saturated rings. The van der Waals surface area contributed by atoms with E-state index in [-0.39, 0.29) is 11.1 Å². The zero-order valence-corrected chi connectivity index (χ0v) is 22.2.